The van der Waals surface area contributed by atoms with Crippen LogP contribution in [0.2, 0.25) is 0 Å². The molecule has 0 aromatic heterocycles. The molecule has 1 fully saturated rings. The number of methoxy groups -OCH3 is 1. The first-order chi connectivity index (χ1) is 10.6. The summed E-state index contributed by atoms with van der Waals surface area (Å²) in [6.45, 7) is 1.93. The second-order valence-corrected chi connectivity index (χ2v) is 4.97. The Balaban J connectivity index is 2.05. The average Bonchev–Trinajstić information content (AvgIpc) is 2.54. The Morgan fingerprint density at radius 3 is 2.91 bits per heavy atom. The van der Waals surface area contributed by atoms with Crippen LogP contribution in [-0.4, -0.2) is 51.8 Å². The van der Waals surface area contributed by atoms with Crippen LogP contribution in [0.3, 0.4) is 0 Å². The van der Waals surface area contributed by atoms with Crippen molar-refractivity contribution in [3.05, 3.63) is 23.8 Å². The van der Waals surface area contributed by atoms with E-state index in [4.69, 9.17) is 9.47 Å². The molecule has 3 N–H and O–H groups in total. The fourth-order valence-electron chi connectivity index (χ4n) is 2.27. The molecule has 7 heteroatoms. The van der Waals surface area contributed by atoms with Gasteiger partial charge in [0.2, 0.25) is 5.91 Å². The van der Waals surface area contributed by atoms with E-state index in [1.165, 1.54) is 7.11 Å². The lowest BCUT2D eigenvalue weighted by molar-refractivity contribution is -0.117. The van der Waals surface area contributed by atoms with Gasteiger partial charge in [0.1, 0.15) is 5.75 Å². The average molecular weight is 307 g/mol. The maximum atomic E-state index is 12.1. The van der Waals surface area contributed by atoms with E-state index in [-0.39, 0.29) is 17.9 Å². The predicted molar refractivity (Wildman–Crippen MR) is 82.2 cm³/mol. The minimum Gasteiger partial charge on any atom is -0.495 e. The summed E-state index contributed by atoms with van der Waals surface area (Å²) in [5, 5.41) is 8.56. The summed E-state index contributed by atoms with van der Waals surface area (Å²) < 4.78 is 10.5. The zero-order valence-electron chi connectivity index (χ0n) is 12.8. The Hall–Kier alpha value is -2.12. The van der Waals surface area contributed by atoms with Gasteiger partial charge in [-0.1, -0.05) is 0 Å². The van der Waals surface area contributed by atoms with Crippen LogP contribution in [0.15, 0.2) is 18.2 Å². The van der Waals surface area contributed by atoms with Crippen molar-refractivity contribution in [1.82, 2.24) is 10.6 Å². The molecule has 1 atom stereocenters. The number of rotatable bonds is 5. The Morgan fingerprint density at radius 1 is 1.45 bits per heavy atom. The number of hydrogen-bond donors (Lipinski definition) is 3. The van der Waals surface area contributed by atoms with Crippen molar-refractivity contribution >= 4 is 17.5 Å². The van der Waals surface area contributed by atoms with Gasteiger partial charge in [-0.2, -0.15) is 0 Å². The molecule has 0 spiro atoms. The molecule has 22 heavy (non-hydrogen) atoms. The van der Waals surface area contributed by atoms with E-state index in [0.29, 0.717) is 36.6 Å². The maximum Gasteiger partial charge on any atom is 0.251 e. The third-order valence-corrected chi connectivity index (χ3v) is 3.39. The van der Waals surface area contributed by atoms with Gasteiger partial charge in [0.05, 0.1) is 26.0 Å². The molecular weight excluding hydrogens is 286 g/mol. The van der Waals surface area contributed by atoms with Crippen molar-refractivity contribution < 1.29 is 19.1 Å². The Bertz CT molecular complexity index is 542. The van der Waals surface area contributed by atoms with Gasteiger partial charge < -0.3 is 25.4 Å². The highest BCUT2D eigenvalue weighted by molar-refractivity contribution is 5.98. The van der Waals surface area contributed by atoms with Gasteiger partial charge >= 0.3 is 0 Å². The molecule has 0 saturated carbocycles. The van der Waals surface area contributed by atoms with Crippen molar-refractivity contribution in [1.29, 1.82) is 0 Å². The predicted octanol–water partition coefficient (Wildman–Crippen LogP) is 0.372. The summed E-state index contributed by atoms with van der Waals surface area (Å²) in [4.78, 5) is 23.8. The summed E-state index contributed by atoms with van der Waals surface area (Å²) in [5.74, 6) is 0.129. The lowest BCUT2D eigenvalue weighted by Gasteiger charge is -2.23. The summed E-state index contributed by atoms with van der Waals surface area (Å²) in [5.41, 5.74) is 0.933. The minimum atomic E-state index is -0.222. The first kappa shape index (κ1) is 16.3. The minimum absolute atomic E-state index is 0.00173. The normalized spacial score (nSPS) is 17.6. The third kappa shape index (κ3) is 4.19. The van der Waals surface area contributed by atoms with Crippen LogP contribution in [0.4, 0.5) is 5.69 Å². The van der Waals surface area contributed by atoms with E-state index in [1.807, 2.05) is 0 Å². The Kier molecular flexibility index (Phi) is 5.74. The molecular formula is C15H21N3O4. The van der Waals surface area contributed by atoms with Gasteiger partial charge in [-0.15, -0.1) is 0 Å². The lowest BCUT2D eigenvalue weighted by Crippen LogP contribution is -2.43. The number of benzene rings is 1. The standard InChI is InChI=1S/C15H21N3O4/c1-16-15(20)10-3-4-13(21-2)12(7-10)18-14(19)8-11-9-22-6-5-17-11/h3-4,7,11,17H,5-6,8-9H2,1-2H3,(H,16,20)(H,18,19). The lowest BCUT2D eigenvalue weighted by atomic mass is 10.1. The number of hydrogen-bond acceptors (Lipinski definition) is 5. The Labute approximate surface area is 129 Å². The number of amides is 2. The second-order valence-electron chi connectivity index (χ2n) is 4.97. The summed E-state index contributed by atoms with van der Waals surface area (Å²) in [6, 6.07) is 4.90. The zero-order chi connectivity index (χ0) is 15.9. The molecule has 1 aliphatic heterocycles. The van der Waals surface area contributed by atoms with Gasteiger partial charge in [-0.05, 0) is 18.2 Å². The quantitative estimate of drug-likeness (QED) is 0.731. The van der Waals surface area contributed by atoms with E-state index >= 15 is 0 Å². The van der Waals surface area contributed by atoms with E-state index in [0.717, 1.165) is 6.54 Å². The molecule has 0 aliphatic carbocycles. The molecule has 0 radical (unpaired) electrons. The van der Waals surface area contributed by atoms with Gasteiger partial charge in [0.15, 0.2) is 0 Å². The first-order valence-electron chi connectivity index (χ1n) is 7.15. The molecule has 1 aromatic rings. The Morgan fingerprint density at radius 2 is 2.27 bits per heavy atom. The number of ether oxygens (including phenoxy) is 2. The van der Waals surface area contributed by atoms with Crippen molar-refractivity contribution in [2.45, 2.75) is 12.5 Å². The molecule has 2 rings (SSSR count). The number of carbonyl (C=O) groups is 2. The SMILES string of the molecule is CNC(=O)c1ccc(OC)c(NC(=O)CC2COCCN2)c1. The topological polar surface area (TPSA) is 88.7 Å². The monoisotopic (exact) mass is 307 g/mol. The maximum absolute atomic E-state index is 12.1. The fraction of sp³-hybridized carbons (Fsp3) is 0.467. The molecule has 1 aliphatic rings. The molecule has 1 heterocycles. The van der Waals surface area contributed by atoms with Crippen LogP contribution < -0.4 is 20.7 Å². The van der Waals surface area contributed by atoms with E-state index in [2.05, 4.69) is 16.0 Å². The highest BCUT2D eigenvalue weighted by atomic mass is 16.5. The summed E-state index contributed by atoms with van der Waals surface area (Å²) >= 11 is 0. The van der Waals surface area contributed by atoms with Crippen LogP contribution in [0, 0.1) is 0 Å². The summed E-state index contributed by atoms with van der Waals surface area (Å²) in [6.07, 6.45) is 0.299. The highest BCUT2D eigenvalue weighted by Crippen LogP contribution is 2.25. The van der Waals surface area contributed by atoms with Crippen LogP contribution in [0.1, 0.15) is 16.8 Å². The molecule has 0 bridgehead atoms. The van der Waals surface area contributed by atoms with Crippen molar-refractivity contribution in [3.8, 4) is 5.75 Å². The smallest absolute Gasteiger partial charge is 0.251 e. The largest absolute Gasteiger partial charge is 0.495 e. The van der Waals surface area contributed by atoms with E-state index in [1.54, 1.807) is 25.2 Å². The van der Waals surface area contributed by atoms with Crippen molar-refractivity contribution in [2.24, 2.45) is 0 Å². The van der Waals surface area contributed by atoms with E-state index < -0.39 is 0 Å². The van der Waals surface area contributed by atoms with Gasteiger partial charge in [-0.25, -0.2) is 0 Å². The highest BCUT2D eigenvalue weighted by Gasteiger charge is 2.18. The van der Waals surface area contributed by atoms with Crippen LogP contribution >= 0.6 is 0 Å². The number of carbonyl (C=O) groups excluding carboxylic acids is 2. The van der Waals surface area contributed by atoms with Crippen molar-refractivity contribution in [2.75, 3.05) is 39.2 Å². The molecule has 7 nitrogen and oxygen atoms in total. The van der Waals surface area contributed by atoms with Crippen LogP contribution in [-0.2, 0) is 9.53 Å². The fourth-order valence-corrected chi connectivity index (χ4v) is 2.27. The number of nitrogens with one attached hydrogen (secondary N) is 3. The van der Waals surface area contributed by atoms with E-state index in [9.17, 15) is 9.59 Å². The summed E-state index contributed by atoms with van der Waals surface area (Å²) in [7, 11) is 3.07. The van der Waals surface area contributed by atoms with Gasteiger partial charge in [-0.3, -0.25) is 9.59 Å². The van der Waals surface area contributed by atoms with Crippen LogP contribution in [0.25, 0.3) is 0 Å². The molecule has 120 valence electrons. The third-order valence-electron chi connectivity index (χ3n) is 3.39. The number of anilines is 1. The molecule has 2 amide bonds. The number of morpholine rings is 1. The second kappa shape index (κ2) is 7.77. The molecule has 1 aromatic carbocycles. The van der Waals surface area contributed by atoms with Gasteiger partial charge in [0.25, 0.3) is 5.91 Å². The van der Waals surface area contributed by atoms with Crippen LogP contribution in [0.5, 0.6) is 5.75 Å². The molecule has 1 unspecified atom stereocenters. The van der Waals surface area contributed by atoms with Gasteiger partial charge in [0, 0.05) is 31.6 Å². The van der Waals surface area contributed by atoms with Crippen molar-refractivity contribution in [3.63, 3.8) is 0 Å². The zero-order valence-corrected chi connectivity index (χ0v) is 12.8. The first-order valence-corrected chi connectivity index (χ1v) is 7.15. The molecule has 1 saturated heterocycles.